The van der Waals surface area contributed by atoms with Crippen molar-refractivity contribution >= 4 is 15.9 Å². The van der Waals surface area contributed by atoms with Crippen molar-refractivity contribution in [3.8, 4) is 0 Å². The van der Waals surface area contributed by atoms with Crippen molar-refractivity contribution in [2.45, 2.75) is 19.4 Å². The molecule has 96 valence electrons. The Kier molecular flexibility index (Phi) is 4.05. The number of benzene rings is 1. The monoisotopic (exact) mass is 310 g/mol. The summed E-state index contributed by atoms with van der Waals surface area (Å²) in [4.78, 5) is 1.44. The van der Waals surface area contributed by atoms with Gasteiger partial charge in [-0.1, -0.05) is 28.1 Å². The van der Waals surface area contributed by atoms with Gasteiger partial charge in [-0.15, -0.1) is 10.2 Å². The Bertz CT molecular complexity index is 538. The van der Waals surface area contributed by atoms with E-state index in [0.717, 1.165) is 10.0 Å². The molecule has 0 fully saturated rings. The first-order chi connectivity index (χ1) is 8.60. The normalized spacial score (nSPS) is 12.7. The summed E-state index contributed by atoms with van der Waals surface area (Å²) < 4.78 is 1.02. The standard InChI is InChI=1S/C11H15BrN6/c1-7-3-4-8(9(12)5-7)10(14-13)6-11-15-17-18(2)16-11/h3-5,10,14H,6,13H2,1-2H3. The SMILES string of the molecule is Cc1ccc(C(Cc2nnn(C)n2)NN)c(Br)c1. The van der Waals surface area contributed by atoms with Gasteiger partial charge in [0.15, 0.2) is 5.82 Å². The number of hydrogen-bond donors (Lipinski definition) is 2. The molecule has 1 heterocycles. The molecule has 7 heteroatoms. The van der Waals surface area contributed by atoms with E-state index in [4.69, 9.17) is 5.84 Å². The van der Waals surface area contributed by atoms with Crippen molar-refractivity contribution < 1.29 is 0 Å². The number of nitrogens with zero attached hydrogens (tertiary/aromatic N) is 4. The Balaban J connectivity index is 2.22. The van der Waals surface area contributed by atoms with Gasteiger partial charge in [-0.3, -0.25) is 11.3 Å². The van der Waals surface area contributed by atoms with E-state index in [1.54, 1.807) is 7.05 Å². The van der Waals surface area contributed by atoms with Crippen LogP contribution >= 0.6 is 15.9 Å². The molecule has 0 aliphatic rings. The number of rotatable bonds is 4. The molecule has 1 aromatic carbocycles. The average molecular weight is 311 g/mol. The average Bonchev–Trinajstić information content (AvgIpc) is 2.72. The van der Waals surface area contributed by atoms with Crippen molar-refractivity contribution in [3.63, 3.8) is 0 Å². The minimum absolute atomic E-state index is 0.0517. The fourth-order valence-electron chi connectivity index (χ4n) is 1.76. The first-order valence-electron chi connectivity index (χ1n) is 5.55. The Morgan fingerprint density at radius 2 is 2.28 bits per heavy atom. The van der Waals surface area contributed by atoms with E-state index < -0.39 is 0 Å². The number of aryl methyl sites for hydroxylation is 2. The molecule has 2 aromatic rings. The molecule has 0 spiro atoms. The highest BCUT2D eigenvalue weighted by atomic mass is 79.9. The van der Waals surface area contributed by atoms with Crippen molar-refractivity contribution in [2.24, 2.45) is 12.9 Å². The lowest BCUT2D eigenvalue weighted by Crippen LogP contribution is -2.30. The van der Waals surface area contributed by atoms with Gasteiger partial charge in [-0.2, -0.15) is 4.80 Å². The van der Waals surface area contributed by atoms with Gasteiger partial charge in [0.1, 0.15) is 0 Å². The van der Waals surface area contributed by atoms with Gasteiger partial charge in [0.2, 0.25) is 0 Å². The van der Waals surface area contributed by atoms with E-state index in [9.17, 15) is 0 Å². The highest BCUT2D eigenvalue weighted by molar-refractivity contribution is 9.10. The van der Waals surface area contributed by atoms with Gasteiger partial charge in [0, 0.05) is 10.9 Å². The van der Waals surface area contributed by atoms with Crippen molar-refractivity contribution in [1.29, 1.82) is 0 Å². The third kappa shape index (κ3) is 2.92. The minimum atomic E-state index is -0.0517. The molecule has 0 saturated heterocycles. The Labute approximate surface area is 114 Å². The van der Waals surface area contributed by atoms with Gasteiger partial charge in [-0.05, 0) is 29.3 Å². The third-order valence-corrected chi connectivity index (χ3v) is 3.36. The van der Waals surface area contributed by atoms with Crippen molar-refractivity contribution in [1.82, 2.24) is 25.6 Å². The van der Waals surface area contributed by atoms with Gasteiger partial charge in [0.25, 0.3) is 0 Å². The molecule has 0 amide bonds. The number of hydrazine groups is 1. The summed E-state index contributed by atoms with van der Waals surface area (Å²) in [6.07, 6.45) is 0.589. The van der Waals surface area contributed by atoms with Crippen molar-refractivity contribution in [3.05, 3.63) is 39.6 Å². The van der Waals surface area contributed by atoms with Crippen molar-refractivity contribution in [2.75, 3.05) is 0 Å². The second kappa shape index (κ2) is 5.55. The number of tetrazole rings is 1. The second-order valence-corrected chi connectivity index (χ2v) is 5.00. The van der Waals surface area contributed by atoms with E-state index in [2.05, 4.69) is 48.9 Å². The van der Waals surface area contributed by atoms with Crippen LogP contribution in [-0.4, -0.2) is 20.2 Å². The lowest BCUT2D eigenvalue weighted by atomic mass is 10.0. The van der Waals surface area contributed by atoms with Crippen LogP contribution < -0.4 is 11.3 Å². The van der Waals surface area contributed by atoms with Crippen LogP contribution in [0.15, 0.2) is 22.7 Å². The maximum absolute atomic E-state index is 5.61. The van der Waals surface area contributed by atoms with Crippen LogP contribution in [0.3, 0.4) is 0 Å². The van der Waals surface area contributed by atoms with Crippen LogP contribution in [0, 0.1) is 6.92 Å². The molecule has 1 aromatic heterocycles. The fraction of sp³-hybridized carbons (Fsp3) is 0.364. The Morgan fingerprint density at radius 1 is 1.50 bits per heavy atom. The first-order valence-corrected chi connectivity index (χ1v) is 6.34. The smallest absolute Gasteiger partial charge is 0.176 e. The molecule has 1 unspecified atom stereocenters. The summed E-state index contributed by atoms with van der Waals surface area (Å²) >= 11 is 3.55. The van der Waals surface area contributed by atoms with Crippen LogP contribution in [0.4, 0.5) is 0 Å². The molecule has 18 heavy (non-hydrogen) atoms. The molecular weight excluding hydrogens is 296 g/mol. The quantitative estimate of drug-likeness (QED) is 0.651. The van der Waals surface area contributed by atoms with E-state index in [1.165, 1.54) is 10.4 Å². The molecule has 0 saturated carbocycles. The highest BCUT2D eigenvalue weighted by Crippen LogP contribution is 2.25. The summed E-state index contributed by atoms with van der Waals surface area (Å²) in [5.41, 5.74) is 5.06. The topological polar surface area (TPSA) is 81.7 Å². The van der Waals surface area contributed by atoms with Crippen LogP contribution in [0.2, 0.25) is 0 Å². The number of nitrogens with one attached hydrogen (secondary N) is 1. The van der Waals surface area contributed by atoms with Crippen LogP contribution in [0.25, 0.3) is 0 Å². The van der Waals surface area contributed by atoms with Gasteiger partial charge in [0.05, 0.1) is 13.1 Å². The van der Waals surface area contributed by atoms with E-state index in [0.29, 0.717) is 12.2 Å². The van der Waals surface area contributed by atoms with Crippen LogP contribution in [0.1, 0.15) is 23.0 Å². The Morgan fingerprint density at radius 3 is 2.83 bits per heavy atom. The molecule has 6 nitrogen and oxygen atoms in total. The first kappa shape index (κ1) is 13.1. The summed E-state index contributed by atoms with van der Waals surface area (Å²) in [6, 6.07) is 6.10. The molecule has 0 bridgehead atoms. The third-order valence-electron chi connectivity index (χ3n) is 2.67. The summed E-state index contributed by atoms with van der Waals surface area (Å²) in [5, 5.41) is 11.9. The van der Waals surface area contributed by atoms with Crippen LogP contribution in [0.5, 0.6) is 0 Å². The maximum Gasteiger partial charge on any atom is 0.176 e. The molecule has 0 aliphatic carbocycles. The van der Waals surface area contributed by atoms with Gasteiger partial charge >= 0.3 is 0 Å². The predicted molar refractivity (Wildman–Crippen MR) is 71.4 cm³/mol. The largest absolute Gasteiger partial charge is 0.271 e. The molecule has 2 rings (SSSR count). The van der Waals surface area contributed by atoms with Crippen LogP contribution in [-0.2, 0) is 13.5 Å². The summed E-state index contributed by atoms with van der Waals surface area (Å²) in [5.74, 6) is 6.27. The molecule has 1 atom stereocenters. The zero-order valence-corrected chi connectivity index (χ0v) is 11.8. The lowest BCUT2D eigenvalue weighted by Gasteiger charge is -2.16. The number of halogens is 1. The number of hydrogen-bond acceptors (Lipinski definition) is 5. The fourth-order valence-corrected chi connectivity index (χ4v) is 2.53. The molecule has 0 radical (unpaired) electrons. The zero-order valence-electron chi connectivity index (χ0n) is 10.3. The zero-order chi connectivity index (χ0) is 13.1. The highest BCUT2D eigenvalue weighted by Gasteiger charge is 2.16. The van der Waals surface area contributed by atoms with Gasteiger partial charge < -0.3 is 0 Å². The number of aromatic nitrogens is 4. The summed E-state index contributed by atoms with van der Waals surface area (Å²) in [7, 11) is 1.74. The van der Waals surface area contributed by atoms with Gasteiger partial charge in [-0.25, -0.2) is 0 Å². The minimum Gasteiger partial charge on any atom is -0.271 e. The molecular formula is C11H15BrN6. The maximum atomic E-state index is 5.61. The summed E-state index contributed by atoms with van der Waals surface area (Å²) in [6.45, 7) is 2.05. The molecule has 0 aliphatic heterocycles. The van der Waals surface area contributed by atoms with E-state index >= 15 is 0 Å². The predicted octanol–water partition coefficient (Wildman–Crippen LogP) is 1.03. The van der Waals surface area contributed by atoms with E-state index in [-0.39, 0.29) is 6.04 Å². The number of nitrogens with two attached hydrogens (primary N) is 1. The lowest BCUT2D eigenvalue weighted by molar-refractivity contribution is 0.534. The second-order valence-electron chi connectivity index (χ2n) is 4.14. The van der Waals surface area contributed by atoms with E-state index in [1.807, 2.05) is 13.0 Å². The Hall–Kier alpha value is -1.31. The molecule has 3 N–H and O–H groups in total.